The molecule has 1 rings (SSSR count). The Bertz CT molecular complexity index is 455. The van der Waals surface area contributed by atoms with E-state index in [2.05, 4.69) is 62.2 Å². The molecule has 0 fully saturated rings. The van der Waals surface area contributed by atoms with E-state index in [0.29, 0.717) is 13.0 Å². The van der Waals surface area contributed by atoms with Crippen molar-refractivity contribution in [2.24, 2.45) is 10.2 Å². The first-order chi connectivity index (χ1) is 10.2. The SMILES string of the molecule is CCCCCC/N=N/C(C)(O)Cc1ccc(C(C)(C)C)cc1. The highest BCUT2D eigenvalue weighted by atomic mass is 16.3. The molecule has 3 heteroatoms. The zero-order valence-electron chi connectivity index (χ0n) is 14.9. The van der Waals surface area contributed by atoms with E-state index < -0.39 is 5.72 Å². The molecule has 0 saturated heterocycles. The average molecular weight is 304 g/mol. The lowest BCUT2D eigenvalue weighted by atomic mass is 9.86. The Hall–Kier alpha value is -1.22. The zero-order valence-corrected chi connectivity index (χ0v) is 14.9. The molecule has 0 saturated carbocycles. The van der Waals surface area contributed by atoms with Gasteiger partial charge in [-0.3, -0.25) is 0 Å². The van der Waals surface area contributed by atoms with Gasteiger partial charge in [-0.1, -0.05) is 71.2 Å². The van der Waals surface area contributed by atoms with Gasteiger partial charge in [0.05, 0.1) is 6.54 Å². The number of hydrogen-bond donors (Lipinski definition) is 1. The maximum Gasteiger partial charge on any atom is 0.177 e. The normalized spacial score (nSPS) is 15.2. The Labute approximate surface area is 135 Å². The Morgan fingerprint density at radius 1 is 0.955 bits per heavy atom. The molecule has 1 unspecified atom stereocenters. The first-order valence-corrected chi connectivity index (χ1v) is 8.45. The molecular weight excluding hydrogens is 272 g/mol. The molecule has 0 aliphatic carbocycles. The van der Waals surface area contributed by atoms with Crippen molar-refractivity contribution in [1.29, 1.82) is 0 Å². The second-order valence-corrected chi connectivity index (χ2v) is 7.37. The minimum atomic E-state index is -1.12. The van der Waals surface area contributed by atoms with Crippen LogP contribution in [-0.2, 0) is 11.8 Å². The summed E-state index contributed by atoms with van der Waals surface area (Å²) in [6.45, 7) is 11.2. The minimum Gasteiger partial charge on any atom is -0.368 e. The number of unbranched alkanes of at least 4 members (excludes halogenated alkanes) is 3. The van der Waals surface area contributed by atoms with Crippen molar-refractivity contribution < 1.29 is 5.11 Å². The van der Waals surface area contributed by atoms with Gasteiger partial charge < -0.3 is 5.11 Å². The second kappa shape index (κ2) is 8.42. The van der Waals surface area contributed by atoms with Gasteiger partial charge in [0.2, 0.25) is 0 Å². The van der Waals surface area contributed by atoms with Crippen molar-refractivity contribution >= 4 is 0 Å². The topological polar surface area (TPSA) is 45.0 Å². The fourth-order valence-electron chi connectivity index (χ4n) is 2.36. The van der Waals surface area contributed by atoms with Crippen LogP contribution >= 0.6 is 0 Å². The summed E-state index contributed by atoms with van der Waals surface area (Å²) in [6.07, 6.45) is 5.20. The van der Waals surface area contributed by atoms with Crippen molar-refractivity contribution in [3.63, 3.8) is 0 Å². The van der Waals surface area contributed by atoms with E-state index in [1.807, 2.05) is 0 Å². The lowest BCUT2D eigenvalue weighted by molar-refractivity contribution is 0.0614. The second-order valence-electron chi connectivity index (χ2n) is 7.37. The maximum absolute atomic E-state index is 10.3. The summed E-state index contributed by atoms with van der Waals surface area (Å²) in [6, 6.07) is 8.41. The van der Waals surface area contributed by atoms with Crippen LogP contribution in [0.25, 0.3) is 0 Å². The molecule has 0 spiro atoms. The van der Waals surface area contributed by atoms with E-state index in [0.717, 1.165) is 12.0 Å². The Morgan fingerprint density at radius 3 is 2.14 bits per heavy atom. The van der Waals surface area contributed by atoms with Crippen molar-refractivity contribution in [3.05, 3.63) is 35.4 Å². The molecule has 3 nitrogen and oxygen atoms in total. The molecule has 0 aromatic heterocycles. The summed E-state index contributed by atoms with van der Waals surface area (Å²) in [5.74, 6) is 0. The molecule has 0 amide bonds. The Kier molecular flexibility index (Phi) is 7.21. The Morgan fingerprint density at radius 2 is 1.59 bits per heavy atom. The largest absolute Gasteiger partial charge is 0.368 e. The average Bonchev–Trinajstić information content (AvgIpc) is 2.42. The van der Waals surface area contributed by atoms with Gasteiger partial charge in [0, 0.05) is 6.42 Å². The van der Waals surface area contributed by atoms with Crippen LogP contribution in [0.1, 0.15) is 71.4 Å². The summed E-state index contributed by atoms with van der Waals surface area (Å²) >= 11 is 0. The lowest BCUT2D eigenvalue weighted by Crippen LogP contribution is -2.24. The van der Waals surface area contributed by atoms with Crippen LogP contribution in [0.4, 0.5) is 0 Å². The van der Waals surface area contributed by atoms with Crippen LogP contribution in [0.15, 0.2) is 34.5 Å². The predicted molar refractivity (Wildman–Crippen MR) is 93.3 cm³/mol. The van der Waals surface area contributed by atoms with Crippen molar-refractivity contribution in [2.75, 3.05) is 6.54 Å². The van der Waals surface area contributed by atoms with Crippen LogP contribution in [-0.4, -0.2) is 17.4 Å². The van der Waals surface area contributed by atoms with Gasteiger partial charge >= 0.3 is 0 Å². The molecule has 0 bridgehead atoms. The molecule has 0 aliphatic rings. The summed E-state index contributed by atoms with van der Waals surface area (Å²) in [4.78, 5) is 0. The third kappa shape index (κ3) is 7.17. The molecule has 22 heavy (non-hydrogen) atoms. The van der Waals surface area contributed by atoms with Crippen LogP contribution < -0.4 is 0 Å². The number of hydrogen-bond acceptors (Lipinski definition) is 3. The first-order valence-electron chi connectivity index (χ1n) is 8.45. The van der Waals surface area contributed by atoms with Gasteiger partial charge in [-0.15, -0.1) is 0 Å². The van der Waals surface area contributed by atoms with E-state index in [4.69, 9.17) is 0 Å². The van der Waals surface area contributed by atoms with Crippen molar-refractivity contribution in [3.8, 4) is 0 Å². The molecule has 1 atom stereocenters. The summed E-state index contributed by atoms with van der Waals surface area (Å²) in [5, 5.41) is 18.6. The number of aliphatic hydroxyl groups is 1. The summed E-state index contributed by atoms with van der Waals surface area (Å²) in [5.41, 5.74) is 1.42. The highest BCUT2D eigenvalue weighted by Gasteiger charge is 2.20. The van der Waals surface area contributed by atoms with Gasteiger partial charge in [-0.25, -0.2) is 0 Å². The van der Waals surface area contributed by atoms with Crippen molar-refractivity contribution in [1.82, 2.24) is 0 Å². The molecule has 1 N–H and O–H groups in total. The van der Waals surface area contributed by atoms with Crippen LogP contribution in [0, 0.1) is 0 Å². The first kappa shape index (κ1) is 18.8. The van der Waals surface area contributed by atoms with E-state index in [-0.39, 0.29) is 5.41 Å². The van der Waals surface area contributed by atoms with Gasteiger partial charge in [-0.05, 0) is 29.9 Å². The Balaban J connectivity index is 2.51. The monoisotopic (exact) mass is 304 g/mol. The molecule has 0 radical (unpaired) electrons. The van der Waals surface area contributed by atoms with Crippen molar-refractivity contribution in [2.45, 2.75) is 77.9 Å². The fraction of sp³-hybridized carbons (Fsp3) is 0.684. The van der Waals surface area contributed by atoms with Crippen LogP contribution in [0.3, 0.4) is 0 Å². The molecule has 1 aromatic carbocycles. The van der Waals surface area contributed by atoms with E-state index >= 15 is 0 Å². The third-order valence-electron chi connectivity index (χ3n) is 3.76. The standard InChI is InChI=1S/C19H32N2O/c1-6-7-8-9-14-20-21-19(5,22)15-16-10-12-17(13-11-16)18(2,3)4/h10-13,22H,6-9,14-15H2,1-5H3/b21-20+. The maximum atomic E-state index is 10.3. The van der Waals surface area contributed by atoms with E-state index in [1.165, 1.54) is 24.8 Å². The molecular formula is C19H32N2O. The van der Waals surface area contributed by atoms with Gasteiger partial charge in [-0.2, -0.15) is 10.2 Å². The predicted octanol–water partition coefficient (Wildman–Crippen LogP) is 5.27. The molecule has 1 aromatic rings. The van der Waals surface area contributed by atoms with E-state index in [1.54, 1.807) is 6.92 Å². The third-order valence-corrected chi connectivity index (χ3v) is 3.76. The lowest BCUT2D eigenvalue weighted by Gasteiger charge is -2.21. The number of nitrogens with zero attached hydrogens (tertiary/aromatic N) is 2. The van der Waals surface area contributed by atoms with Crippen LogP contribution in [0.5, 0.6) is 0 Å². The highest BCUT2D eigenvalue weighted by Crippen LogP contribution is 2.23. The van der Waals surface area contributed by atoms with Gasteiger partial charge in [0.15, 0.2) is 5.72 Å². The van der Waals surface area contributed by atoms with Gasteiger partial charge in [0.25, 0.3) is 0 Å². The minimum absolute atomic E-state index is 0.152. The molecule has 0 heterocycles. The number of azo groups is 1. The van der Waals surface area contributed by atoms with Gasteiger partial charge in [0.1, 0.15) is 0 Å². The molecule has 0 aliphatic heterocycles. The quantitative estimate of drug-likeness (QED) is 0.516. The summed E-state index contributed by atoms with van der Waals surface area (Å²) in [7, 11) is 0. The zero-order chi connectivity index (χ0) is 16.6. The fourth-order valence-corrected chi connectivity index (χ4v) is 2.36. The molecule has 124 valence electrons. The van der Waals surface area contributed by atoms with Crippen LogP contribution in [0.2, 0.25) is 0 Å². The van der Waals surface area contributed by atoms with E-state index in [9.17, 15) is 5.11 Å². The summed E-state index contributed by atoms with van der Waals surface area (Å²) < 4.78 is 0. The number of benzene rings is 1. The highest BCUT2D eigenvalue weighted by molar-refractivity contribution is 5.28. The number of rotatable bonds is 8. The smallest absolute Gasteiger partial charge is 0.177 e.